The minimum Gasteiger partial charge on any atom is -0.246 e. The summed E-state index contributed by atoms with van der Waals surface area (Å²) in [5.74, 6) is 0. The van der Waals surface area contributed by atoms with Crippen molar-refractivity contribution in [2.75, 3.05) is 0 Å². The highest BCUT2D eigenvalue weighted by atomic mass is 79.9. The van der Waals surface area contributed by atoms with Crippen molar-refractivity contribution in [3.8, 4) is 0 Å². The molecule has 0 spiro atoms. The summed E-state index contributed by atoms with van der Waals surface area (Å²) >= 11 is 3.24. The smallest absolute Gasteiger partial charge is 0.106 e. The molecule has 4 nitrogen and oxygen atoms in total. The third kappa shape index (κ3) is 2.22. The van der Waals surface area contributed by atoms with Crippen LogP contribution in [-0.4, -0.2) is 4.98 Å². The third-order valence-electron chi connectivity index (χ3n) is 1.39. The van der Waals surface area contributed by atoms with Crippen LogP contribution in [0.2, 0.25) is 0 Å². The lowest BCUT2D eigenvalue weighted by Gasteiger charge is -2.02. The van der Waals surface area contributed by atoms with Crippen molar-refractivity contribution in [3.05, 3.63) is 38.9 Å². The van der Waals surface area contributed by atoms with Crippen LogP contribution in [0.25, 0.3) is 10.4 Å². The van der Waals surface area contributed by atoms with E-state index in [9.17, 15) is 0 Å². The number of aromatic nitrogens is 1. The summed E-state index contributed by atoms with van der Waals surface area (Å²) < 4.78 is 0.750. The fourth-order valence-corrected chi connectivity index (χ4v) is 1.15. The molecule has 1 atom stereocenters. The van der Waals surface area contributed by atoms with Gasteiger partial charge >= 0.3 is 0 Å². The standard InChI is InChI=1S/C7H7BrN4/c1-5(11-12-9)6-3-2-4-7(8)10-6/h2-5H,1H3/t5-/m1/s1. The van der Waals surface area contributed by atoms with Gasteiger partial charge in [-0.2, -0.15) is 0 Å². The monoisotopic (exact) mass is 226 g/mol. The Bertz CT molecular complexity index is 319. The van der Waals surface area contributed by atoms with Gasteiger partial charge in [-0.15, -0.1) is 0 Å². The van der Waals surface area contributed by atoms with Gasteiger partial charge < -0.3 is 0 Å². The van der Waals surface area contributed by atoms with Crippen molar-refractivity contribution in [3.63, 3.8) is 0 Å². The molecule has 1 heterocycles. The first-order valence-corrected chi connectivity index (χ1v) is 4.20. The zero-order valence-electron chi connectivity index (χ0n) is 6.48. The Balaban J connectivity index is 2.94. The van der Waals surface area contributed by atoms with Crippen LogP contribution in [0.15, 0.2) is 27.9 Å². The molecule has 0 aliphatic rings. The predicted octanol–water partition coefficient (Wildman–Crippen LogP) is 3.22. The Kier molecular flexibility index (Phi) is 3.08. The second-order valence-corrected chi connectivity index (χ2v) is 3.08. The van der Waals surface area contributed by atoms with Gasteiger partial charge in [0.25, 0.3) is 0 Å². The average Bonchev–Trinajstić information content (AvgIpc) is 2.05. The second-order valence-electron chi connectivity index (χ2n) is 2.27. The average molecular weight is 227 g/mol. The first-order chi connectivity index (χ1) is 5.74. The molecule has 0 saturated heterocycles. The fraction of sp³-hybridized carbons (Fsp3) is 0.286. The lowest BCUT2D eigenvalue weighted by Crippen LogP contribution is -1.92. The minimum atomic E-state index is -0.215. The molecule has 0 saturated carbocycles. The highest BCUT2D eigenvalue weighted by molar-refractivity contribution is 9.10. The molecule has 1 aromatic rings. The number of halogens is 1. The topological polar surface area (TPSA) is 61.7 Å². The summed E-state index contributed by atoms with van der Waals surface area (Å²) in [5, 5.41) is 3.53. The second kappa shape index (κ2) is 4.09. The van der Waals surface area contributed by atoms with E-state index in [1.165, 1.54) is 0 Å². The summed E-state index contributed by atoms with van der Waals surface area (Å²) in [6, 6.07) is 5.29. The number of nitrogens with zero attached hydrogens (tertiary/aromatic N) is 4. The van der Waals surface area contributed by atoms with Gasteiger partial charge in [0.2, 0.25) is 0 Å². The highest BCUT2D eigenvalue weighted by Gasteiger charge is 2.03. The van der Waals surface area contributed by atoms with Crippen molar-refractivity contribution in [1.29, 1.82) is 0 Å². The van der Waals surface area contributed by atoms with Gasteiger partial charge in [-0.1, -0.05) is 18.1 Å². The summed E-state index contributed by atoms with van der Waals surface area (Å²) in [4.78, 5) is 6.85. The molecule has 12 heavy (non-hydrogen) atoms. The molecule has 5 heteroatoms. The number of hydrogen-bond acceptors (Lipinski definition) is 2. The van der Waals surface area contributed by atoms with Crippen LogP contribution in [0.4, 0.5) is 0 Å². The Hall–Kier alpha value is -1.06. The van der Waals surface area contributed by atoms with E-state index >= 15 is 0 Å². The van der Waals surface area contributed by atoms with Crippen molar-refractivity contribution in [1.82, 2.24) is 4.98 Å². The lowest BCUT2D eigenvalue weighted by molar-refractivity contribution is 0.769. The Morgan fingerprint density at radius 2 is 2.42 bits per heavy atom. The van der Waals surface area contributed by atoms with E-state index in [2.05, 4.69) is 30.9 Å². The largest absolute Gasteiger partial charge is 0.246 e. The Labute approximate surface area is 78.4 Å². The number of azide groups is 1. The van der Waals surface area contributed by atoms with E-state index in [0.717, 1.165) is 10.3 Å². The van der Waals surface area contributed by atoms with Crippen LogP contribution in [0.5, 0.6) is 0 Å². The van der Waals surface area contributed by atoms with Gasteiger partial charge in [0.05, 0.1) is 11.7 Å². The van der Waals surface area contributed by atoms with Crippen LogP contribution in [0.3, 0.4) is 0 Å². The van der Waals surface area contributed by atoms with Crippen molar-refractivity contribution < 1.29 is 0 Å². The molecule has 62 valence electrons. The molecule has 1 aromatic heterocycles. The zero-order chi connectivity index (χ0) is 8.97. The number of rotatable bonds is 2. The van der Waals surface area contributed by atoms with Crippen LogP contribution < -0.4 is 0 Å². The van der Waals surface area contributed by atoms with Crippen LogP contribution in [0, 0.1) is 0 Å². The fourth-order valence-electron chi connectivity index (χ4n) is 0.793. The quantitative estimate of drug-likeness (QED) is 0.331. The molecule has 0 aromatic carbocycles. The Morgan fingerprint density at radius 1 is 1.67 bits per heavy atom. The first kappa shape index (κ1) is 9.03. The van der Waals surface area contributed by atoms with Crippen molar-refractivity contribution in [2.24, 2.45) is 5.11 Å². The van der Waals surface area contributed by atoms with E-state index in [0.29, 0.717) is 0 Å². The third-order valence-corrected chi connectivity index (χ3v) is 1.83. The summed E-state index contributed by atoms with van der Waals surface area (Å²) in [7, 11) is 0. The molecule has 0 aliphatic carbocycles. The van der Waals surface area contributed by atoms with Crippen molar-refractivity contribution in [2.45, 2.75) is 13.0 Å². The lowest BCUT2D eigenvalue weighted by atomic mass is 10.2. The molecule has 1 rings (SSSR count). The van der Waals surface area contributed by atoms with Gasteiger partial charge in [-0.3, -0.25) is 0 Å². The van der Waals surface area contributed by atoms with E-state index in [1.54, 1.807) is 6.92 Å². The number of pyridine rings is 1. The van der Waals surface area contributed by atoms with Crippen LogP contribution >= 0.6 is 15.9 Å². The van der Waals surface area contributed by atoms with Crippen molar-refractivity contribution >= 4 is 15.9 Å². The molecule has 0 amide bonds. The molecular weight excluding hydrogens is 220 g/mol. The minimum absolute atomic E-state index is 0.215. The maximum atomic E-state index is 8.19. The molecule has 0 fully saturated rings. The summed E-state index contributed by atoms with van der Waals surface area (Å²) in [6.07, 6.45) is 0. The molecular formula is C7H7BrN4. The highest BCUT2D eigenvalue weighted by Crippen LogP contribution is 2.16. The van der Waals surface area contributed by atoms with E-state index in [1.807, 2.05) is 18.2 Å². The van der Waals surface area contributed by atoms with Gasteiger partial charge in [0.15, 0.2) is 0 Å². The van der Waals surface area contributed by atoms with Gasteiger partial charge in [0, 0.05) is 4.91 Å². The molecule has 0 N–H and O–H groups in total. The van der Waals surface area contributed by atoms with E-state index in [-0.39, 0.29) is 6.04 Å². The van der Waals surface area contributed by atoms with Gasteiger partial charge in [-0.05, 0) is 33.6 Å². The summed E-state index contributed by atoms with van der Waals surface area (Å²) in [5.41, 5.74) is 8.95. The Morgan fingerprint density at radius 3 is 3.00 bits per heavy atom. The van der Waals surface area contributed by atoms with Crippen LogP contribution in [0.1, 0.15) is 18.7 Å². The molecule has 0 aliphatic heterocycles. The molecule has 0 bridgehead atoms. The first-order valence-electron chi connectivity index (χ1n) is 3.40. The zero-order valence-corrected chi connectivity index (χ0v) is 8.06. The van der Waals surface area contributed by atoms with Crippen LogP contribution in [-0.2, 0) is 0 Å². The van der Waals surface area contributed by atoms with Gasteiger partial charge in [-0.25, -0.2) is 4.98 Å². The molecule has 0 radical (unpaired) electrons. The summed E-state index contributed by atoms with van der Waals surface area (Å²) in [6.45, 7) is 1.80. The van der Waals surface area contributed by atoms with Gasteiger partial charge in [0.1, 0.15) is 4.60 Å². The molecule has 0 unspecified atom stereocenters. The predicted molar refractivity (Wildman–Crippen MR) is 49.5 cm³/mol. The maximum Gasteiger partial charge on any atom is 0.106 e. The SMILES string of the molecule is C[C@@H](N=[N+]=[N-])c1cccc(Br)n1. The number of hydrogen-bond donors (Lipinski definition) is 0. The normalized spacial score (nSPS) is 11.8. The van der Waals surface area contributed by atoms with E-state index < -0.39 is 0 Å². The van der Waals surface area contributed by atoms with E-state index in [4.69, 9.17) is 5.53 Å². The maximum absolute atomic E-state index is 8.19.